The molecule has 1 aliphatic heterocycles. The van der Waals surface area contributed by atoms with Crippen molar-refractivity contribution in [2.45, 2.75) is 18.9 Å². The molecule has 0 saturated carbocycles. The summed E-state index contributed by atoms with van der Waals surface area (Å²) in [4.78, 5) is 18.1. The van der Waals surface area contributed by atoms with E-state index >= 15 is 0 Å². The molecule has 0 unspecified atom stereocenters. The summed E-state index contributed by atoms with van der Waals surface area (Å²) in [5.74, 6) is 0. The lowest BCUT2D eigenvalue weighted by Gasteiger charge is -2.35. The lowest BCUT2D eigenvalue weighted by Crippen LogP contribution is -2.41. The number of hydrogen-bond donors (Lipinski definition) is 0. The summed E-state index contributed by atoms with van der Waals surface area (Å²) in [6.45, 7) is 5.59. The molecular weight excluding hydrogens is 238 g/mol. The van der Waals surface area contributed by atoms with Crippen LogP contribution >= 0.6 is 11.9 Å². The molecule has 0 fully saturated rings. The van der Waals surface area contributed by atoms with Crippen LogP contribution < -0.4 is 4.90 Å². The third-order valence-electron chi connectivity index (χ3n) is 2.44. The van der Waals surface area contributed by atoms with Gasteiger partial charge in [0.2, 0.25) is 0 Å². The van der Waals surface area contributed by atoms with Gasteiger partial charge in [0.15, 0.2) is 0 Å². The second kappa shape index (κ2) is 5.27. The van der Waals surface area contributed by atoms with E-state index in [2.05, 4.69) is 16.8 Å². The van der Waals surface area contributed by atoms with E-state index in [1.165, 1.54) is 11.9 Å². The number of pyridine rings is 1. The van der Waals surface area contributed by atoms with Gasteiger partial charge in [-0.2, -0.15) is 0 Å². The Morgan fingerprint density at radius 1 is 1.59 bits per heavy atom. The van der Waals surface area contributed by atoms with Crippen molar-refractivity contribution in [3.63, 3.8) is 0 Å². The van der Waals surface area contributed by atoms with Crippen LogP contribution in [0.4, 0.5) is 10.5 Å². The second-order valence-electron chi connectivity index (χ2n) is 3.49. The smallest absolute Gasteiger partial charge is 0.421 e. The SMILES string of the molecule is CCOC(=O)N1CN(CC)c2cccnc2S1. The van der Waals surface area contributed by atoms with Gasteiger partial charge >= 0.3 is 6.09 Å². The highest BCUT2D eigenvalue weighted by Crippen LogP contribution is 2.35. The summed E-state index contributed by atoms with van der Waals surface area (Å²) >= 11 is 1.33. The molecule has 1 aromatic rings. The van der Waals surface area contributed by atoms with E-state index in [0.29, 0.717) is 13.3 Å². The number of nitrogens with zero attached hydrogens (tertiary/aromatic N) is 3. The highest BCUT2D eigenvalue weighted by molar-refractivity contribution is 7.97. The van der Waals surface area contributed by atoms with Gasteiger partial charge in [0.05, 0.1) is 12.3 Å². The van der Waals surface area contributed by atoms with Crippen molar-refractivity contribution in [1.29, 1.82) is 0 Å². The Balaban J connectivity index is 2.21. The van der Waals surface area contributed by atoms with Gasteiger partial charge in [-0.15, -0.1) is 0 Å². The Morgan fingerprint density at radius 2 is 2.41 bits per heavy atom. The zero-order chi connectivity index (χ0) is 12.3. The number of aromatic nitrogens is 1. The molecule has 1 aliphatic rings. The predicted molar refractivity (Wildman–Crippen MR) is 66.8 cm³/mol. The largest absolute Gasteiger partial charge is 0.449 e. The first-order chi connectivity index (χ1) is 8.26. The van der Waals surface area contributed by atoms with E-state index in [4.69, 9.17) is 4.74 Å². The lowest BCUT2D eigenvalue weighted by molar-refractivity contribution is 0.133. The molecule has 5 nitrogen and oxygen atoms in total. The van der Waals surface area contributed by atoms with Crippen molar-refractivity contribution >= 4 is 23.7 Å². The average molecular weight is 253 g/mol. The number of amides is 1. The number of anilines is 1. The normalized spacial score (nSPS) is 14.5. The summed E-state index contributed by atoms with van der Waals surface area (Å²) in [5, 5.41) is 0.841. The summed E-state index contributed by atoms with van der Waals surface area (Å²) in [5.41, 5.74) is 1.07. The van der Waals surface area contributed by atoms with Crippen molar-refractivity contribution in [3.05, 3.63) is 18.3 Å². The lowest BCUT2D eigenvalue weighted by atomic mass is 10.4. The van der Waals surface area contributed by atoms with Crippen molar-refractivity contribution in [3.8, 4) is 0 Å². The van der Waals surface area contributed by atoms with E-state index < -0.39 is 0 Å². The molecule has 0 aromatic carbocycles. The molecule has 0 saturated heterocycles. The number of fused-ring (bicyclic) bond motifs is 1. The number of ether oxygens (including phenoxy) is 1. The fraction of sp³-hybridized carbons (Fsp3) is 0.455. The molecule has 0 radical (unpaired) electrons. The Kier molecular flexibility index (Phi) is 3.73. The summed E-state index contributed by atoms with van der Waals surface area (Å²) in [6, 6.07) is 3.92. The van der Waals surface area contributed by atoms with Gasteiger partial charge < -0.3 is 9.64 Å². The van der Waals surface area contributed by atoms with Crippen LogP contribution in [-0.2, 0) is 4.74 Å². The minimum atomic E-state index is -0.313. The molecule has 0 bridgehead atoms. The Morgan fingerprint density at radius 3 is 3.12 bits per heavy atom. The van der Waals surface area contributed by atoms with Gasteiger partial charge in [-0.05, 0) is 26.0 Å². The first-order valence-corrected chi connectivity index (χ1v) is 6.35. The van der Waals surface area contributed by atoms with E-state index in [1.807, 2.05) is 12.1 Å². The molecule has 1 aromatic heterocycles. The van der Waals surface area contributed by atoms with Gasteiger partial charge in [-0.1, -0.05) is 0 Å². The minimum absolute atomic E-state index is 0.313. The van der Waals surface area contributed by atoms with Crippen molar-refractivity contribution in [1.82, 2.24) is 9.29 Å². The van der Waals surface area contributed by atoms with Crippen LogP contribution in [0.25, 0.3) is 0 Å². The number of carbonyl (C=O) groups is 1. The van der Waals surface area contributed by atoms with Crippen LogP contribution in [0.2, 0.25) is 0 Å². The molecular formula is C11H15N3O2S. The predicted octanol–water partition coefficient (Wildman–Crippen LogP) is 2.34. The molecule has 2 heterocycles. The van der Waals surface area contributed by atoms with E-state index in [9.17, 15) is 4.79 Å². The maximum absolute atomic E-state index is 11.7. The monoisotopic (exact) mass is 253 g/mol. The topological polar surface area (TPSA) is 45.7 Å². The van der Waals surface area contributed by atoms with Gasteiger partial charge in [0.1, 0.15) is 11.7 Å². The van der Waals surface area contributed by atoms with Crippen molar-refractivity contribution in [2.75, 3.05) is 24.7 Å². The fourth-order valence-electron chi connectivity index (χ4n) is 1.62. The summed E-state index contributed by atoms with van der Waals surface area (Å²) in [7, 11) is 0. The van der Waals surface area contributed by atoms with E-state index in [1.54, 1.807) is 17.4 Å². The van der Waals surface area contributed by atoms with Crippen LogP contribution in [-0.4, -0.2) is 35.2 Å². The fourth-order valence-corrected chi connectivity index (χ4v) is 2.55. The highest BCUT2D eigenvalue weighted by Gasteiger charge is 2.27. The van der Waals surface area contributed by atoms with E-state index in [-0.39, 0.29) is 6.09 Å². The maximum atomic E-state index is 11.7. The third kappa shape index (κ3) is 2.46. The Labute approximate surface area is 105 Å². The van der Waals surface area contributed by atoms with Crippen molar-refractivity contribution in [2.24, 2.45) is 0 Å². The van der Waals surface area contributed by atoms with Crippen LogP contribution in [0.15, 0.2) is 23.4 Å². The molecule has 0 aliphatic carbocycles. The maximum Gasteiger partial charge on any atom is 0.421 e. The molecule has 92 valence electrons. The van der Waals surface area contributed by atoms with Gasteiger partial charge in [-0.25, -0.2) is 14.1 Å². The Hall–Kier alpha value is -1.43. The Bertz CT molecular complexity index is 413. The molecule has 1 amide bonds. The molecule has 0 atom stereocenters. The zero-order valence-corrected chi connectivity index (χ0v) is 10.7. The quantitative estimate of drug-likeness (QED) is 0.757. The van der Waals surface area contributed by atoms with Crippen molar-refractivity contribution < 1.29 is 9.53 Å². The zero-order valence-electron chi connectivity index (χ0n) is 9.92. The standard InChI is InChI=1S/C11H15N3O2S/c1-3-13-8-14(11(15)16-4-2)17-10-9(13)6-5-7-12-10/h5-7H,3-4,8H2,1-2H3. The molecule has 17 heavy (non-hydrogen) atoms. The first kappa shape index (κ1) is 12.0. The average Bonchev–Trinajstić information content (AvgIpc) is 2.37. The molecule has 0 spiro atoms. The van der Waals surface area contributed by atoms with Crippen LogP contribution in [0.5, 0.6) is 0 Å². The van der Waals surface area contributed by atoms with Gasteiger partial charge in [0, 0.05) is 24.7 Å². The van der Waals surface area contributed by atoms with Crippen LogP contribution in [0, 0.1) is 0 Å². The van der Waals surface area contributed by atoms with Gasteiger partial charge in [0.25, 0.3) is 0 Å². The minimum Gasteiger partial charge on any atom is -0.449 e. The third-order valence-corrected chi connectivity index (χ3v) is 3.41. The van der Waals surface area contributed by atoms with Gasteiger partial charge in [-0.3, -0.25) is 0 Å². The van der Waals surface area contributed by atoms with Crippen LogP contribution in [0.3, 0.4) is 0 Å². The number of hydrogen-bond acceptors (Lipinski definition) is 5. The summed E-state index contributed by atoms with van der Waals surface area (Å²) in [6.07, 6.45) is 1.42. The molecule has 6 heteroatoms. The second-order valence-corrected chi connectivity index (χ2v) is 4.50. The summed E-state index contributed by atoms with van der Waals surface area (Å²) < 4.78 is 6.59. The molecule has 0 N–H and O–H groups in total. The van der Waals surface area contributed by atoms with E-state index in [0.717, 1.165) is 17.3 Å². The molecule has 2 rings (SSSR count). The number of rotatable bonds is 2. The van der Waals surface area contributed by atoms with Crippen LogP contribution in [0.1, 0.15) is 13.8 Å². The number of carbonyl (C=O) groups excluding carboxylic acids is 1. The highest BCUT2D eigenvalue weighted by atomic mass is 32.2. The first-order valence-electron chi connectivity index (χ1n) is 5.58.